The van der Waals surface area contributed by atoms with Gasteiger partial charge in [-0.2, -0.15) is 4.31 Å². The van der Waals surface area contributed by atoms with E-state index in [0.717, 1.165) is 6.07 Å². The molecule has 1 aromatic heterocycles. The van der Waals surface area contributed by atoms with E-state index in [1.54, 1.807) is 6.08 Å². The molecule has 1 aliphatic rings. The quantitative estimate of drug-likeness (QED) is 0.777. The number of carboxylic acids is 1. The van der Waals surface area contributed by atoms with Gasteiger partial charge in [-0.3, -0.25) is 0 Å². The molecule has 0 aliphatic carbocycles. The summed E-state index contributed by atoms with van der Waals surface area (Å²) in [5.74, 6) is -1.18. The fourth-order valence-corrected chi connectivity index (χ4v) is 3.03. The van der Waals surface area contributed by atoms with Crippen molar-refractivity contribution < 1.29 is 18.3 Å². The maximum atomic E-state index is 12.1. The molecule has 7 heteroatoms. The summed E-state index contributed by atoms with van der Waals surface area (Å²) in [6, 6.07) is 1.13. The van der Waals surface area contributed by atoms with Gasteiger partial charge in [-0.25, -0.2) is 13.2 Å². The maximum absolute atomic E-state index is 12.1. The summed E-state index contributed by atoms with van der Waals surface area (Å²) in [5.41, 5.74) is -0.129. The van der Waals surface area contributed by atoms with Crippen molar-refractivity contribution in [3.05, 3.63) is 30.1 Å². The van der Waals surface area contributed by atoms with Crippen molar-refractivity contribution in [2.45, 2.75) is 11.3 Å². The van der Waals surface area contributed by atoms with Crippen molar-refractivity contribution in [2.24, 2.45) is 0 Å². The zero-order valence-electron chi connectivity index (χ0n) is 8.96. The standard InChI is InChI=1S/C10H12N2O4S/c13-10(14)9-6-8(7-11-9)17(15,16)12-4-2-1-3-5-12/h1-2,6-7,11H,3-5H2,(H,13,14). The second kappa shape index (κ2) is 4.34. The smallest absolute Gasteiger partial charge is 0.352 e. The number of rotatable bonds is 3. The molecule has 2 rings (SSSR count). The number of carbonyl (C=O) groups is 1. The highest BCUT2D eigenvalue weighted by Gasteiger charge is 2.26. The molecule has 92 valence electrons. The first-order chi connectivity index (χ1) is 8.01. The lowest BCUT2D eigenvalue weighted by molar-refractivity contribution is 0.0691. The summed E-state index contributed by atoms with van der Waals surface area (Å²) >= 11 is 0. The van der Waals surface area contributed by atoms with Crippen LogP contribution in [0.3, 0.4) is 0 Å². The monoisotopic (exact) mass is 256 g/mol. The lowest BCUT2D eigenvalue weighted by Crippen LogP contribution is -2.33. The lowest BCUT2D eigenvalue weighted by Gasteiger charge is -2.21. The molecule has 1 aliphatic heterocycles. The van der Waals surface area contributed by atoms with Gasteiger partial charge in [-0.1, -0.05) is 12.2 Å². The molecule has 0 unspecified atom stereocenters. The van der Waals surface area contributed by atoms with Gasteiger partial charge in [0, 0.05) is 19.3 Å². The Balaban J connectivity index is 2.30. The molecule has 1 aromatic rings. The zero-order valence-corrected chi connectivity index (χ0v) is 9.77. The predicted octanol–water partition coefficient (Wildman–Crippen LogP) is 0.663. The van der Waals surface area contributed by atoms with Crippen LogP contribution in [0.4, 0.5) is 0 Å². The van der Waals surface area contributed by atoms with E-state index in [-0.39, 0.29) is 10.6 Å². The first-order valence-corrected chi connectivity index (χ1v) is 6.52. The van der Waals surface area contributed by atoms with Crippen molar-refractivity contribution in [3.63, 3.8) is 0 Å². The fourth-order valence-electron chi connectivity index (χ4n) is 1.63. The van der Waals surface area contributed by atoms with Crippen LogP contribution in [0.5, 0.6) is 0 Å². The summed E-state index contributed by atoms with van der Waals surface area (Å²) in [7, 11) is -3.59. The molecule has 0 amide bonds. The first kappa shape index (κ1) is 11.9. The number of nitrogens with zero attached hydrogens (tertiary/aromatic N) is 1. The van der Waals surface area contributed by atoms with Gasteiger partial charge in [0.15, 0.2) is 0 Å². The van der Waals surface area contributed by atoms with Crippen molar-refractivity contribution in [3.8, 4) is 0 Å². The van der Waals surface area contributed by atoms with Gasteiger partial charge in [0.25, 0.3) is 0 Å². The SMILES string of the molecule is O=C(O)c1cc(S(=O)(=O)N2CC=CCC2)c[nH]1. The summed E-state index contributed by atoms with van der Waals surface area (Å²) in [6.45, 7) is 0.752. The predicted molar refractivity (Wildman–Crippen MR) is 60.3 cm³/mol. The number of H-pyrrole nitrogens is 1. The van der Waals surface area contributed by atoms with Crippen LogP contribution in [0.15, 0.2) is 29.3 Å². The molecule has 17 heavy (non-hydrogen) atoms. The minimum Gasteiger partial charge on any atom is -0.477 e. The van der Waals surface area contributed by atoms with E-state index in [1.165, 1.54) is 10.5 Å². The highest BCUT2D eigenvalue weighted by molar-refractivity contribution is 7.89. The van der Waals surface area contributed by atoms with Crippen LogP contribution in [-0.2, 0) is 10.0 Å². The van der Waals surface area contributed by atoms with Gasteiger partial charge in [0.2, 0.25) is 10.0 Å². The number of sulfonamides is 1. The van der Waals surface area contributed by atoms with E-state index in [1.807, 2.05) is 6.08 Å². The largest absolute Gasteiger partial charge is 0.477 e. The number of hydrogen-bond acceptors (Lipinski definition) is 3. The summed E-state index contributed by atoms with van der Waals surface area (Å²) in [6.07, 6.45) is 5.59. The maximum Gasteiger partial charge on any atom is 0.352 e. The Hall–Kier alpha value is -1.60. The molecule has 0 radical (unpaired) electrons. The highest BCUT2D eigenvalue weighted by Crippen LogP contribution is 2.18. The topological polar surface area (TPSA) is 90.5 Å². The van der Waals surface area contributed by atoms with E-state index in [9.17, 15) is 13.2 Å². The first-order valence-electron chi connectivity index (χ1n) is 5.08. The highest BCUT2D eigenvalue weighted by atomic mass is 32.2. The van der Waals surface area contributed by atoms with Crippen molar-refractivity contribution in [1.82, 2.24) is 9.29 Å². The van der Waals surface area contributed by atoms with Gasteiger partial charge < -0.3 is 10.1 Å². The van der Waals surface area contributed by atoms with Gasteiger partial charge in [0.05, 0.1) is 0 Å². The van der Waals surface area contributed by atoms with E-state index in [2.05, 4.69) is 4.98 Å². The van der Waals surface area contributed by atoms with E-state index >= 15 is 0 Å². The molecular formula is C10H12N2O4S. The Morgan fingerprint density at radius 3 is 2.71 bits per heavy atom. The summed E-state index contributed by atoms with van der Waals surface area (Å²) in [5, 5.41) is 8.72. The third kappa shape index (κ3) is 2.25. The minimum atomic E-state index is -3.59. The molecule has 0 spiro atoms. The summed E-state index contributed by atoms with van der Waals surface area (Å²) < 4.78 is 25.5. The third-order valence-corrected chi connectivity index (χ3v) is 4.39. The second-order valence-electron chi connectivity index (χ2n) is 3.68. The van der Waals surface area contributed by atoms with Gasteiger partial charge in [0.1, 0.15) is 10.6 Å². The molecule has 0 saturated carbocycles. The lowest BCUT2D eigenvalue weighted by atomic mass is 10.3. The fraction of sp³-hybridized carbons (Fsp3) is 0.300. The number of aromatic carboxylic acids is 1. The molecule has 0 fully saturated rings. The van der Waals surface area contributed by atoms with Crippen molar-refractivity contribution in [1.29, 1.82) is 0 Å². The average Bonchev–Trinajstić information content (AvgIpc) is 2.80. The van der Waals surface area contributed by atoms with Crippen LogP contribution >= 0.6 is 0 Å². The molecule has 0 bridgehead atoms. The minimum absolute atomic E-state index is 0.00907. The molecule has 2 heterocycles. The molecule has 0 aromatic carbocycles. The van der Waals surface area contributed by atoms with Gasteiger partial charge >= 0.3 is 5.97 Å². The van der Waals surface area contributed by atoms with Crippen molar-refractivity contribution >= 4 is 16.0 Å². The third-order valence-electron chi connectivity index (χ3n) is 2.55. The molecular weight excluding hydrogens is 244 g/mol. The normalized spacial score (nSPS) is 17.2. The zero-order chi connectivity index (χ0) is 12.5. The van der Waals surface area contributed by atoms with Crippen LogP contribution in [0.1, 0.15) is 16.9 Å². The number of aromatic amines is 1. The number of carboxylic acid groups (broad SMARTS) is 1. The second-order valence-corrected chi connectivity index (χ2v) is 5.62. The van der Waals surface area contributed by atoms with Gasteiger partial charge in [-0.05, 0) is 12.5 Å². The summed E-state index contributed by atoms with van der Waals surface area (Å²) in [4.78, 5) is 13.1. The van der Waals surface area contributed by atoms with Crippen LogP contribution < -0.4 is 0 Å². The van der Waals surface area contributed by atoms with Gasteiger partial charge in [-0.15, -0.1) is 0 Å². The van der Waals surface area contributed by atoms with E-state index < -0.39 is 16.0 Å². The number of nitrogens with one attached hydrogen (secondary N) is 1. The Labute approximate surface area is 98.6 Å². The molecule has 0 saturated heterocycles. The van der Waals surface area contributed by atoms with E-state index in [4.69, 9.17) is 5.11 Å². The number of hydrogen-bond donors (Lipinski definition) is 2. The molecule has 0 atom stereocenters. The van der Waals surface area contributed by atoms with Crippen LogP contribution in [0.2, 0.25) is 0 Å². The Kier molecular flexibility index (Phi) is 3.03. The molecule has 6 nitrogen and oxygen atoms in total. The Bertz CT molecular complexity index is 559. The average molecular weight is 256 g/mol. The molecule has 2 N–H and O–H groups in total. The van der Waals surface area contributed by atoms with Crippen LogP contribution in [0, 0.1) is 0 Å². The number of aromatic nitrogens is 1. The van der Waals surface area contributed by atoms with Crippen LogP contribution in [-0.4, -0.2) is 41.9 Å². The van der Waals surface area contributed by atoms with E-state index in [0.29, 0.717) is 19.5 Å². The Morgan fingerprint density at radius 1 is 1.41 bits per heavy atom. The van der Waals surface area contributed by atoms with Crippen LogP contribution in [0.25, 0.3) is 0 Å². The Morgan fingerprint density at radius 2 is 2.18 bits per heavy atom. The van der Waals surface area contributed by atoms with Crippen molar-refractivity contribution in [2.75, 3.05) is 13.1 Å².